The molecule has 0 aliphatic carbocycles. The lowest BCUT2D eigenvalue weighted by Crippen LogP contribution is -2.48. The minimum atomic E-state index is -0.135. The summed E-state index contributed by atoms with van der Waals surface area (Å²) < 4.78 is 19.4. The van der Waals surface area contributed by atoms with E-state index in [9.17, 15) is 4.39 Å². The molecule has 0 aromatic heterocycles. The van der Waals surface area contributed by atoms with Crippen LogP contribution in [0.25, 0.3) is 10.8 Å². The van der Waals surface area contributed by atoms with Crippen molar-refractivity contribution in [3.05, 3.63) is 77.6 Å². The van der Waals surface area contributed by atoms with E-state index in [0.717, 1.165) is 51.4 Å². The van der Waals surface area contributed by atoms with E-state index in [1.807, 2.05) is 12.1 Å². The number of piperazine rings is 1. The van der Waals surface area contributed by atoms with E-state index in [1.54, 1.807) is 19.2 Å². The molecule has 224 valence electrons. The summed E-state index contributed by atoms with van der Waals surface area (Å²) in [5.41, 5.74) is 2.66. The molecule has 4 nitrogen and oxygen atoms in total. The third-order valence-electron chi connectivity index (χ3n) is 9.46. The molecule has 41 heavy (non-hydrogen) atoms. The van der Waals surface area contributed by atoms with Crippen molar-refractivity contribution in [2.75, 3.05) is 59.5 Å². The standard InChI is InChI=1S/C35H48FN3O.ClH/c1-27(2)39-20-17-30(18-21-39)34(29-11-14-31(36)15-12-29)26-38-24-22-37(23-25-38)19-7-6-10-33-32-9-5-4-8-28(32)13-16-35(33)40-3;/h4-5,8-9,11-16,27,30,34H,6-7,10,17-26H2,1-3H3;1H. The summed E-state index contributed by atoms with van der Waals surface area (Å²) in [6.07, 6.45) is 5.91. The highest BCUT2D eigenvalue weighted by atomic mass is 35.5. The Bertz CT molecular complexity index is 1200. The third kappa shape index (κ3) is 8.22. The second-order valence-corrected chi connectivity index (χ2v) is 12.2. The maximum Gasteiger partial charge on any atom is 0.123 e. The Balaban J connectivity index is 0.00000387. The molecule has 2 aliphatic heterocycles. The van der Waals surface area contributed by atoms with Crippen molar-refractivity contribution in [2.45, 2.75) is 57.9 Å². The average Bonchev–Trinajstić information content (AvgIpc) is 2.99. The molecule has 0 radical (unpaired) electrons. The quantitative estimate of drug-likeness (QED) is 0.222. The Morgan fingerprint density at radius 3 is 2.20 bits per heavy atom. The van der Waals surface area contributed by atoms with E-state index in [0.29, 0.717) is 17.9 Å². The first-order chi connectivity index (χ1) is 19.5. The van der Waals surface area contributed by atoms with Crippen LogP contribution in [0.2, 0.25) is 0 Å². The molecule has 0 saturated carbocycles. The van der Waals surface area contributed by atoms with Gasteiger partial charge in [-0.05, 0) is 112 Å². The molecule has 1 unspecified atom stereocenters. The predicted molar refractivity (Wildman–Crippen MR) is 172 cm³/mol. The van der Waals surface area contributed by atoms with Gasteiger partial charge in [0, 0.05) is 44.3 Å². The Kier molecular flexibility index (Phi) is 11.9. The molecule has 0 N–H and O–H groups in total. The van der Waals surface area contributed by atoms with E-state index in [4.69, 9.17) is 4.74 Å². The molecule has 2 fully saturated rings. The first-order valence-electron chi connectivity index (χ1n) is 15.5. The highest BCUT2D eigenvalue weighted by Crippen LogP contribution is 2.35. The highest BCUT2D eigenvalue weighted by molar-refractivity contribution is 5.87. The number of aryl methyl sites for hydroxylation is 1. The molecular formula is C35H49ClFN3O. The first kappa shape index (κ1) is 31.7. The van der Waals surface area contributed by atoms with Crippen LogP contribution >= 0.6 is 12.4 Å². The number of methoxy groups -OCH3 is 1. The van der Waals surface area contributed by atoms with Gasteiger partial charge in [-0.15, -0.1) is 12.4 Å². The highest BCUT2D eigenvalue weighted by Gasteiger charge is 2.31. The number of piperidine rings is 1. The number of halogens is 2. The zero-order valence-corrected chi connectivity index (χ0v) is 26.1. The van der Waals surface area contributed by atoms with Gasteiger partial charge in [-0.2, -0.15) is 0 Å². The van der Waals surface area contributed by atoms with Gasteiger partial charge < -0.3 is 19.4 Å². The zero-order valence-electron chi connectivity index (χ0n) is 25.2. The number of rotatable bonds is 11. The van der Waals surface area contributed by atoms with E-state index in [1.165, 1.54) is 60.7 Å². The minimum Gasteiger partial charge on any atom is -0.496 e. The second-order valence-electron chi connectivity index (χ2n) is 12.2. The average molecular weight is 582 g/mol. The van der Waals surface area contributed by atoms with Crippen molar-refractivity contribution in [1.29, 1.82) is 0 Å². The Hall–Kier alpha value is -2.18. The lowest BCUT2D eigenvalue weighted by atomic mass is 9.79. The monoisotopic (exact) mass is 581 g/mol. The number of nitrogens with zero attached hydrogens (tertiary/aromatic N) is 3. The van der Waals surface area contributed by atoms with E-state index in [-0.39, 0.29) is 18.2 Å². The Labute approximate surface area is 253 Å². The molecule has 0 spiro atoms. The number of benzene rings is 3. The summed E-state index contributed by atoms with van der Waals surface area (Å²) in [5, 5.41) is 2.61. The summed E-state index contributed by atoms with van der Waals surface area (Å²) in [4.78, 5) is 7.92. The topological polar surface area (TPSA) is 19.0 Å². The molecule has 2 aliphatic rings. The van der Waals surface area contributed by atoms with Gasteiger partial charge in [0.2, 0.25) is 0 Å². The van der Waals surface area contributed by atoms with Crippen molar-refractivity contribution < 1.29 is 9.13 Å². The van der Waals surface area contributed by atoms with Crippen LogP contribution in [0.15, 0.2) is 60.7 Å². The third-order valence-corrected chi connectivity index (χ3v) is 9.46. The summed E-state index contributed by atoms with van der Waals surface area (Å²) in [6, 6.07) is 20.9. The summed E-state index contributed by atoms with van der Waals surface area (Å²) >= 11 is 0. The molecule has 2 heterocycles. The molecular weight excluding hydrogens is 533 g/mol. The van der Waals surface area contributed by atoms with Crippen molar-refractivity contribution in [2.24, 2.45) is 5.92 Å². The molecule has 0 bridgehead atoms. The zero-order chi connectivity index (χ0) is 27.9. The molecule has 6 heteroatoms. The largest absolute Gasteiger partial charge is 0.496 e. The normalized spacial score (nSPS) is 18.5. The van der Waals surface area contributed by atoms with Gasteiger partial charge in [0.1, 0.15) is 11.6 Å². The molecule has 2 saturated heterocycles. The van der Waals surface area contributed by atoms with Crippen LogP contribution in [-0.2, 0) is 6.42 Å². The van der Waals surface area contributed by atoms with Crippen molar-refractivity contribution in [3.63, 3.8) is 0 Å². The summed E-state index contributed by atoms with van der Waals surface area (Å²) in [6.45, 7) is 13.7. The van der Waals surface area contributed by atoms with Crippen molar-refractivity contribution in [3.8, 4) is 5.75 Å². The number of likely N-dealkylation sites (tertiary alicyclic amines) is 1. The maximum absolute atomic E-state index is 13.7. The summed E-state index contributed by atoms with van der Waals surface area (Å²) in [5.74, 6) is 2.03. The van der Waals surface area contributed by atoms with Crippen LogP contribution in [0, 0.1) is 11.7 Å². The van der Waals surface area contributed by atoms with Gasteiger partial charge in [0.25, 0.3) is 0 Å². The van der Waals surface area contributed by atoms with Crippen LogP contribution in [-0.4, -0.2) is 80.2 Å². The summed E-state index contributed by atoms with van der Waals surface area (Å²) in [7, 11) is 1.78. The lowest BCUT2D eigenvalue weighted by molar-refractivity contribution is 0.0966. The van der Waals surface area contributed by atoms with Crippen LogP contribution in [0.4, 0.5) is 4.39 Å². The predicted octanol–water partition coefficient (Wildman–Crippen LogP) is 7.25. The van der Waals surface area contributed by atoms with Crippen LogP contribution in [0.1, 0.15) is 56.6 Å². The fourth-order valence-corrected chi connectivity index (χ4v) is 6.95. The smallest absolute Gasteiger partial charge is 0.123 e. The number of ether oxygens (including phenoxy) is 1. The second kappa shape index (κ2) is 15.3. The van der Waals surface area contributed by atoms with E-state index < -0.39 is 0 Å². The van der Waals surface area contributed by atoms with E-state index in [2.05, 4.69) is 64.9 Å². The Morgan fingerprint density at radius 2 is 1.51 bits per heavy atom. The van der Waals surface area contributed by atoms with Gasteiger partial charge in [-0.1, -0.05) is 42.5 Å². The maximum atomic E-state index is 13.7. The molecule has 3 aromatic rings. The van der Waals surface area contributed by atoms with Gasteiger partial charge >= 0.3 is 0 Å². The van der Waals surface area contributed by atoms with E-state index >= 15 is 0 Å². The first-order valence-corrected chi connectivity index (χ1v) is 15.5. The van der Waals surface area contributed by atoms with Crippen LogP contribution in [0.5, 0.6) is 5.75 Å². The lowest BCUT2D eigenvalue weighted by Gasteiger charge is -2.41. The fraction of sp³-hybridized carbons (Fsp3) is 0.543. The van der Waals surface area contributed by atoms with Crippen molar-refractivity contribution in [1.82, 2.24) is 14.7 Å². The minimum absolute atomic E-state index is 0. The van der Waals surface area contributed by atoms with Gasteiger partial charge in [-0.25, -0.2) is 4.39 Å². The molecule has 5 rings (SSSR count). The molecule has 3 aromatic carbocycles. The Morgan fingerprint density at radius 1 is 0.829 bits per heavy atom. The van der Waals surface area contributed by atoms with Gasteiger partial charge in [-0.3, -0.25) is 0 Å². The number of unbranched alkanes of at least 4 members (excludes halogenated alkanes) is 1. The van der Waals surface area contributed by atoms with Crippen LogP contribution < -0.4 is 4.74 Å². The van der Waals surface area contributed by atoms with Gasteiger partial charge in [0.05, 0.1) is 7.11 Å². The molecule has 1 atom stereocenters. The number of hydrogen-bond donors (Lipinski definition) is 0. The number of fused-ring (bicyclic) bond motifs is 1. The number of hydrogen-bond acceptors (Lipinski definition) is 4. The fourth-order valence-electron chi connectivity index (χ4n) is 6.95. The molecule has 0 amide bonds. The SMILES string of the molecule is COc1ccc2ccccc2c1CCCCN1CCN(CC(c2ccc(F)cc2)C2CCN(C(C)C)CC2)CC1.Cl. The van der Waals surface area contributed by atoms with Crippen LogP contribution in [0.3, 0.4) is 0 Å². The van der Waals surface area contributed by atoms with Crippen molar-refractivity contribution >= 4 is 23.2 Å². The van der Waals surface area contributed by atoms with Gasteiger partial charge in [0.15, 0.2) is 0 Å².